The number of hydrogen-bond donors (Lipinski definition) is 1. The van der Waals surface area contributed by atoms with Gasteiger partial charge in [-0.25, -0.2) is 0 Å². The van der Waals surface area contributed by atoms with Gasteiger partial charge < -0.3 is 14.6 Å². The fourth-order valence-electron chi connectivity index (χ4n) is 3.92. The normalized spacial score (nSPS) is 11.6. The molecule has 1 heterocycles. The fraction of sp³-hybridized carbons (Fsp3) is 0.172. The van der Waals surface area contributed by atoms with E-state index in [1.54, 1.807) is 47.6 Å². The number of furan rings is 1. The summed E-state index contributed by atoms with van der Waals surface area (Å²) in [5.74, 6) is 0.216. The predicted octanol–water partition coefficient (Wildman–Crippen LogP) is 6.09. The molecule has 4 rings (SSSR count). The largest absolute Gasteiger partial charge is 0.467 e. The van der Waals surface area contributed by atoms with E-state index in [4.69, 9.17) is 27.6 Å². The molecular weight excluding hydrogens is 495 g/mol. The third kappa shape index (κ3) is 7.23. The number of nitrogens with one attached hydrogen (secondary N) is 1. The summed E-state index contributed by atoms with van der Waals surface area (Å²) in [7, 11) is 0. The van der Waals surface area contributed by atoms with Gasteiger partial charge in [0, 0.05) is 23.0 Å². The number of rotatable bonds is 10. The second-order valence-corrected chi connectivity index (χ2v) is 9.33. The van der Waals surface area contributed by atoms with Crippen molar-refractivity contribution in [2.75, 3.05) is 0 Å². The van der Waals surface area contributed by atoms with Crippen molar-refractivity contribution in [3.05, 3.63) is 130 Å². The zero-order valence-corrected chi connectivity index (χ0v) is 21.1. The van der Waals surface area contributed by atoms with Crippen molar-refractivity contribution in [2.24, 2.45) is 0 Å². The molecule has 3 aromatic carbocycles. The number of amides is 2. The van der Waals surface area contributed by atoms with Gasteiger partial charge in [0.25, 0.3) is 0 Å². The van der Waals surface area contributed by atoms with E-state index in [0.717, 1.165) is 16.7 Å². The first-order valence-corrected chi connectivity index (χ1v) is 12.4. The van der Waals surface area contributed by atoms with Gasteiger partial charge in [0.2, 0.25) is 11.8 Å². The maximum atomic E-state index is 13.7. The van der Waals surface area contributed by atoms with E-state index >= 15 is 0 Å². The van der Waals surface area contributed by atoms with Crippen LogP contribution in [0.5, 0.6) is 0 Å². The predicted molar refractivity (Wildman–Crippen MR) is 142 cm³/mol. The average Bonchev–Trinajstić information content (AvgIpc) is 3.41. The zero-order chi connectivity index (χ0) is 25.3. The van der Waals surface area contributed by atoms with Gasteiger partial charge >= 0.3 is 0 Å². The highest BCUT2D eigenvalue weighted by molar-refractivity contribution is 6.30. The SMILES string of the molecule is O=C(NCc1ccco1)C(Cc1ccccc1)N(Cc1ccc(Cl)cc1)C(=O)Cc1ccc(Cl)cc1. The Kier molecular flexibility index (Phi) is 8.82. The van der Waals surface area contributed by atoms with Gasteiger partial charge in [-0.15, -0.1) is 0 Å². The van der Waals surface area contributed by atoms with Crippen molar-refractivity contribution in [3.8, 4) is 0 Å². The molecule has 0 aliphatic rings. The van der Waals surface area contributed by atoms with Gasteiger partial charge in [0.05, 0.1) is 19.2 Å². The maximum absolute atomic E-state index is 13.7. The molecule has 0 saturated carbocycles. The Morgan fingerprint density at radius 1 is 0.778 bits per heavy atom. The van der Waals surface area contributed by atoms with Gasteiger partial charge in [0.15, 0.2) is 0 Å². The number of nitrogens with zero attached hydrogens (tertiary/aromatic N) is 1. The molecule has 2 amide bonds. The molecule has 1 aromatic heterocycles. The van der Waals surface area contributed by atoms with Crippen LogP contribution in [0.3, 0.4) is 0 Å². The van der Waals surface area contributed by atoms with Crippen molar-refractivity contribution >= 4 is 35.0 Å². The Bertz CT molecular complexity index is 1260. The summed E-state index contributed by atoms with van der Waals surface area (Å²) in [5.41, 5.74) is 2.65. The van der Waals surface area contributed by atoms with Crippen LogP contribution < -0.4 is 5.32 Å². The van der Waals surface area contributed by atoms with E-state index in [1.165, 1.54) is 0 Å². The molecule has 0 saturated heterocycles. The number of benzene rings is 3. The molecule has 5 nitrogen and oxygen atoms in total. The standard InChI is InChI=1S/C29H26Cl2N2O3/c30-24-12-8-22(9-13-24)18-28(34)33(20-23-10-14-25(31)15-11-23)27(17-21-5-2-1-3-6-21)29(35)32-19-26-7-4-16-36-26/h1-16,27H,17-20H2,(H,32,35). The van der Waals surface area contributed by atoms with Gasteiger partial charge in [-0.2, -0.15) is 0 Å². The van der Waals surface area contributed by atoms with E-state index in [1.807, 2.05) is 54.6 Å². The Morgan fingerprint density at radius 2 is 1.42 bits per heavy atom. The van der Waals surface area contributed by atoms with Crippen molar-refractivity contribution in [1.82, 2.24) is 10.2 Å². The summed E-state index contributed by atoms with van der Waals surface area (Å²) in [4.78, 5) is 28.9. The lowest BCUT2D eigenvalue weighted by Gasteiger charge is -2.31. The van der Waals surface area contributed by atoms with Crippen molar-refractivity contribution in [3.63, 3.8) is 0 Å². The van der Waals surface area contributed by atoms with E-state index in [-0.39, 0.29) is 31.3 Å². The fourth-order valence-corrected chi connectivity index (χ4v) is 4.18. The van der Waals surface area contributed by atoms with Crippen molar-refractivity contribution in [1.29, 1.82) is 0 Å². The third-order valence-corrected chi connectivity index (χ3v) is 6.33. The molecule has 184 valence electrons. The first-order chi connectivity index (χ1) is 17.5. The Labute approximate surface area is 220 Å². The summed E-state index contributed by atoms with van der Waals surface area (Å²) < 4.78 is 5.37. The van der Waals surface area contributed by atoms with E-state index in [2.05, 4.69) is 5.32 Å². The van der Waals surface area contributed by atoms with Crippen LogP contribution in [0.25, 0.3) is 0 Å². The Morgan fingerprint density at radius 3 is 2.03 bits per heavy atom. The maximum Gasteiger partial charge on any atom is 0.243 e. The second kappa shape index (κ2) is 12.4. The molecule has 0 aliphatic heterocycles. The highest BCUT2D eigenvalue weighted by Gasteiger charge is 2.30. The molecule has 4 aromatic rings. The van der Waals surface area contributed by atoms with Crippen LogP contribution in [0.2, 0.25) is 10.0 Å². The van der Waals surface area contributed by atoms with E-state index in [0.29, 0.717) is 22.2 Å². The lowest BCUT2D eigenvalue weighted by molar-refractivity contribution is -0.140. The number of carbonyl (C=O) groups is 2. The van der Waals surface area contributed by atoms with E-state index in [9.17, 15) is 9.59 Å². The average molecular weight is 521 g/mol. The molecule has 0 aliphatic carbocycles. The summed E-state index contributed by atoms with van der Waals surface area (Å²) in [6.45, 7) is 0.493. The molecule has 1 N–H and O–H groups in total. The smallest absolute Gasteiger partial charge is 0.243 e. The number of carbonyl (C=O) groups excluding carboxylic acids is 2. The molecule has 36 heavy (non-hydrogen) atoms. The lowest BCUT2D eigenvalue weighted by Crippen LogP contribution is -2.50. The van der Waals surface area contributed by atoms with E-state index < -0.39 is 6.04 Å². The van der Waals surface area contributed by atoms with Crippen molar-refractivity contribution in [2.45, 2.75) is 32.0 Å². The molecule has 7 heteroatoms. The minimum atomic E-state index is -0.738. The van der Waals surface area contributed by atoms with Gasteiger partial charge in [0.1, 0.15) is 11.8 Å². The molecule has 0 bridgehead atoms. The minimum Gasteiger partial charge on any atom is -0.467 e. The summed E-state index contributed by atoms with van der Waals surface area (Å²) >= 11 is 12.1. The summed E-state index contributed by atoms with van der Waals surface area (Å²) in [6, 6.07) is 27.0. The van der Waals surface area contributed by atoms with Crippen LogP contribution in [-0.2, 0) is 35.5 Å². The first kappa shape index (κ1) is 25.5. The van der Waals surface area contributed by atoms with Crippen LogP contribution in [0.4, 0.5) is 0 Å². The number of halogens is 2. The minimum absolute atomic E-state index is 0.140. The van der Waals surface area contributed by atoms with Gasteiger partial charge in [-0.1, -0.05) is 77.8 Å². The first-order valence-electron chi connectivity index (χ1n) is 11.6. The number of hydrogen-bond acceptors (Lipinski definition) is 3. The van der Waals surface area contributed by atoms with Crippen LogP contribution >= 0.6 is 23.2 Å². The van der Waals surface area contributed by atoms with Crippen LogP contribution in [0.15, 0.2) is 102 Å². The third-order valence-electron chi connectivity index (χ3n) is 5.82. The summed E-state index contributed by atoms with van der Waals surface area (Å²) in [5, 5.41) is 4.15. The topological polar surface area (TPSA) is 62.6 Å². The van der Waals surface area contributed by atoms with Crippen LogP contribution in [0.1, 0.15) is 22.5 Å². The Balaban J connectivity index is 1.64. The van der Waals surface area contributed by atoms with Gasteiger partial charge in [-0.3, -0.25) is 9.59 Å². The monoisotopic (exact) mass is 520 g/mol. The molecule has 1 unspecified atom stereocenters. The molecule has 0 fully saturated rings. The quantitative estimate of drug-likeness (QED) is 0.275. The van der Waals surface area contributed by atoms with Gasteiger partial charge in [-0.05, 0) is 53.1 Å². The highest BCUT2D eigenvalue weighted by atomic mass is 35.5. The highest BCUT2D eigenvalue weighted by Crippen LogP contribution is 2.19. The second-order valence-electron chi connectivity index (χ2n) is 8.45. The van der Waals surface area contributed by atoms with Crippen LogP contribution in [-0.4, -0.2) is 22.8 Å². The lowest BCUT2D eigenvalue weighted by atomic mass is 10.0. The zero-order valence-electron chi connectivity index (χ0n) is 19.6. The molecule has 0 radical (unpaired) electrons. The summed E-state index contributed by atoms with van der Waals surface area (Å²) in [6.07, 6.45) is 2.07. The molecule has 1 atom stereocenters. The van der Waals surface area contributed by atoms with Crippen molar-refractivity contribution < 1.29 is 14.0 Å². The Hall–Kier alpha value is -3.54. The molecule has 0 spiro atoms. The van der Waals surface area contributed by atoms with Crippen LogP contribution in [0, 0.1) is 0 Å². The molecular formula is C29H26Cl2N2O3.